The Morgan fingerprint density at radius 2 is 1.90 bits per heavy atom. The molecule has 102 valence electrons. The second kappa shape index (κ2) is 4.94. The standard InChI is InChI=1S/C16H14BrNO2/c1-10-7-8-13(12(17)9-10)18-14-5-3-4-6-15(14)20-11(2)16(18)19/h3-9,11H,1-2H3. The molecule has 0 saturated carbocycles. The zero-order chi connectivity index (χ0) is 14.3. The highest BCUT2D eigenvalue weighted by atomic mass is 79.9. The topological polar surface area (TPSA) is 29.5 Å². The summed E-state index contributed by atoms with van der Waals surface area (Å²) in [4.78, 5) is 14.2. The molecule has 1 heterocycles. The highest BCUT2D eigenvalue weighted by Crippen LogP contribution is 2.41. The van der Waals surface area contributed by atoms with E-state index < -0.39 is 6.10 Å². The average Bonchev–Trinajstić information content (AvgIpc) is 2.42. The van der Waals surface area contributed by atoms with Gasteiger partial charge < -0.3 is 4.74 Å². The molecule has 0 aliphatic carbocycles. The summed E-state index contributed by atoms with van der Waals surface area (Å²) in [5, 5.41) is 0. The predicted molar refractivity (Wildman–Crippen MR) is 82.6 cm³/mol. The number of amides is 1. The van der Waals surface area contributed by atoms with Crippen molar-refractivity contribution in [3.63, 3.8) is 0 Å². The SMILES string of the molecule is Cc1ccc(N2C(=O)C(C)Oc3ccccc32)c(Br)c1. The van der Waals surface area contributed by atoms with Gasteiger partial charge in [0.05, 0.1) is 11.4 Å². The number of hydrogen-bond donors (Lipinski definition) is 0. The number of anilines is 2. The van der Waals surface area contributed by atoms with Crippen LogP contribution in [0.4, 0.5) is 11.4 Å². The number of rotatable bonds is 1. The molecule has 3 rings (SSSR count). The predicted octanol–water partition coefficient (Wildman–Crippen LogP) is 4.20. The van der Waals surface area contributed by atoms with Gasteiger partial charge in [0, 0.05) is 4.47 Å². The van der Waals surface area contributed by atoms with E-state index >= 15 is 0 Å². The maximum atomic E-state index is 12.5. The number of fused-ring (bicyclic) bond motifs is 1. The van der Waals surface area contributed by atoms with E-state index in [-0.39, 0.29) is 5.91 Å². The van der Waals surface area contributed by atoms with Gasteiger partial charge in [0.2, 0.25) is 0 Å². The Morgan fingerprint density at radius 3 is 2.65 bits per heavy atom. The molecule has 0 N–H and O–H groups in total. The summed E-state index contributed by atoms with van der Waals surface area (Å²) >= 11 is 3.55. The van der Waals surface area contributed by atoms with Crippen molar-refractivity contribution in [2.75, 3.05) is 4.90 Å². The second-order valence-corrected chi connectivity index (χ2v) is 5.71. The van der Waals surface area contributed by atoms with E-state index in [4.69, 9.17) is 4.74 Å². The summed E-state index contributed by atoms with van der Waals surface area (Å²) < 4.78 is 6.55. The molecule has 0 fully saturated rings. The molecule has 0 aromatic heterocycles. The van der Waals surface area contributed by atoms with E-state index in [1.165, 1.54) is 0 Å². The third kappa shape index (κ3) is 2.10. The molecule has 0 saturated heterocycles. The number of carbonyl (C=O) groups is 1. The van der Waals surface area contributed by atoms with Crippen molar-refractivity contribution in [3.05, 3.63) is 52.5 Å². The van der Waals surface area contributed by atoms with Gasteiger partial charge in [-0.1, -0.05) is 18.2 Å². The van der Waals surface area contributed by atoms with Crippen LogP contribution in [0, 0.1) is 6.92 Å². The molecule has 1 aliphatic heterocycles. The van der Waals surface area contributed by atoms with Crippen LogP contribution in [-0.2, 0) is 4.79 Å². The molecular formula is C16H14BrNO2. The van der Waals surface area contributed by atoms with Crippen LogP contribution < -0.4 is 9.64 Å². The number of halogens is 1. The van der Waals surface area contributed by atoms with Crippen LogP contribution in [-0.4, -0.2) is 12.0 Å². The quantitative estimate of drug-likeness (QED) is 0.783. The first-order valence-corrected chi connectivity index (χ1v) is 7.23. The van der Waals surface area contributed by atoms with E-state index in [9.17, 15) is 4.79 Å². The summed E-state index contributed by atoms with van der Waals surface area (Å²) in [5.74, 6) is 0.667. The van der Waals surface area contributed by atoms with Crippen molar-refractivity contribution in [2.45, 2.75) is 20.0 Å². The van der Waals surface area contributed by atoms with Crippen molar-refractivity contribution in [1.82, 2.24) is 0 Å². The number of ether oxygens (including phenoxy) is 1. The Morgan fingerprint density at radius 1 is 1.15 bits per heavy atom. The normalized spacial score (nSPS) is 17.6. The summed E-state index contributed by atoms with van der Waals surface area (Å²) in [6.07, 6.45) is -0.488. The molecule has 0 bridgehead atoms. The minimum absolute atomic E-state index is 0.0618. The average molecular weight is 332 g/mol. The summed E-state index contributed by atoms with van der Waals surface area (Å²) in [6.45, 7) is 3.79. The molecule has 2 aromatic carbocycles. The van der Waals surface area contributed by atoms with Crippen molar-refractivity contribution in [1.29, 1.82) is 0 Å². The first-order valence-electron chi connectivity index (χ1n) is 6.44. The number of benzene rings is 2. The molecule has 1 aliphatic rings. The Hall–Kier alpha value is -1.81. The molecule has 0 spiro atoms. The van der Waals surface area contributed by atoms with Crippen LogP contribution in [0.2, 0.25) is 0 Å². The maximum Gasteiger partial charge on any atom is 0.272 e. The Bertz CT molecular complexity index is 684. The van der Waals surface area contributed by atoms with Crippen molar-refractivity contribution in [3.8, 4) is 5.75 Å². The number of carbonyl (C=O) groups excluding carboxylic acids is 1. The van der Waals surface area contributed by atoms with Gasteiger partial charge in [-0.2, -0.15) is 0 Å². The second-order valence-electron chi connectivity index (χ2n) is 4.86. The summed E-state index contributed by atoms with van der Waals surface area (Å²) in [7, 11) is 0. The number of aryl methyl sites for hydroxylation is 1. The molecule has 2 aromatic rings. The summed E-state index contributed by atoms with van der Waals surface area (Å²) in [5.41, 5.74) is 2.76. The van der Waals surface area contributed by atoms with Crippen molar-refractivity contribution < 1.29 is 9.53 Å². The molecule has 0 radical (unpaired) electrons. The van der Waals surface area contributed by atoms with Crippen LogP contribution in [0.3, 0.4) is 0 Å². The largest absolute Gasteiger partial charge is 0.479 e. The van der Waals surface area contributed by atoms with E-state index in [2.05, 4.69) is 15.9 Å². The Balaban J connectivity index is 2.18. The molecular weight excluding hydrogens is 318 g/mol. The van der Waals surface area contributed by atoms with Gasteiger partial charge in [0.25, 0.3) is 5.91 Å². The molecule has 4 heteroatoms. The molecule has 3 nitrogen and oxygen atoms in total. The monoisotopic (exact) mass is 331 g/mol. The van der Waals surface area contributed by atoms with Gasteiger partial charge in [-0.15, -0.1) is 0 Å². The van der Waals surface area contributed by atoms with Gasteiger partial charge >= 0.3 is 0 Å². The van der Waals surface area contributed by atoms with E-state index in [1.807, 2.05) is 49.4 Å². The summed E-state index contributed by atoms with van der Waals surface area (Å²) in [6, 6.07) is 13.5. The minimum atomic E-state index is -0.488. The highest BCUT2D eigenvalue weighted by Gasteiger charge is 2.33. The lowest BCUT2D eigenvalue weighted by Gasteiger charge is -2.33. The maximum absolute atomic E-state index is 12.5. The van der Waals surface area contributed by atoms with E-state index in [0.29, 0.717) is 0 Å². The number of hydrogen-bond acceptors (Lipinski definition) is 2. The van der Waals surface area contributed by atoms with Gasteiger partial charge in [-0.3, -0.25) is 9.69 Å². The molecule has 20 heavy (non-hydrogen) atoms. The lowest BCUT2D eigenvalue weighted by atomic mass is 10.1. The first-order chi connectivity index (χ1) is 9.58. The van der Waals surface area contributed by atoms with Crippen molar-refractivity contribution >= 4 is 33.2 Å². The fraction of sp³-hybridized carbons (Fsp3) is 0.188. The van der Waals surface area contributed by atoms with Crippen molar-refractivity contribution in [2.24, 2.45) is 0 Å². The third-order valence-electron chi connectivity index (χ3n) is 3.32. The Kier molecular flexibility index (Phi) is 3.26. The van der Waals surface area contributed by atoms with E-state index in [0.717, 1.165) is 27.2 Å². The number of para-hydroxylation sites is 2. The van der Waals surface area contributed by atoms with Crippen LogP contribution in [0.5, 0.6) is 5.75 Å². The van der Waals surface area contributed by atoms with Gasteiger partial charge in [-0.05, 0) is 59.6 Å². The molecule has 1 unspecified atom stereocenters. The molecule has 1 atom stereocenters. The molecule has 1 amide bonds. The first kappa shape index (κ1) is 13.2. The highest BCUT2D eigenvalue weighted by molar-refractivity contribution is 9.10. The van der Waals surface area contributed by atoms with Crippen LogP contribution in [0.1, 0.15) is 12.5 Å². The third-order valence-corrected chi connectivity index (χ3v) is 3.96. The Labute approximate surface area is 126 Å². The lowest BCUT2D eigenvalue weighted by molar-refractivity contribution is -0.124. The smallest absolute Gasteiger partial charge is 0.272 e. The van der Waals surface area contributed by atoms with Crippen LogP contribution in [0.15, 0.2) is 46.9 Å². The van der Waals surface area contributed by atoms with Gasteiger partial charge in [-0.25, -0.2) is 0 Å². The van der Waals surface area contributed by atoms with Gasteiger partial charge in [0.15, 0.2) is 6.10 Å². The fourth-order valence-electron chi connectivity index (χ4n) is 2.32. The lowest BCUT2D eigenvalue weighted by Crippen LogP contribution is -2.41. The number of nitrogens with zero attached hydrogens (tertiary/aromatic N) is 1. The minimum Gasteiger partial charge on any atom is -0.479 e. The van der Waals surface area contributed by atoms with Gasteiger partial charge in [0.1, 0.15) is 5.75 Å². The zero-order valence-electron chi connectivity index (χ0n) is 11.3. The fourth-order valence-corrected chi connectivity index (χ4v) is 3.00. The van der Waals surface area contributed by atoms with E-state index in [1.54, 1.807) is 11.8 Å². The zero-order valence-corrected chi connectivity index (χ0v) is 12.8. The van der Waals surface area contributed by atoms with Crippen LogP contribution >= 0.6 is 15.9 Å². The van der Waals surface area contributed by atoms with Crippen LogP contribution in [0.25, 0.3) is 0 Å².